The molecular formula is C23H25ClFN3. The van der Waals surface area contributed by atoms with E-state index < -0.39 is 5.67 Å². The molecule has 5 rings (SSSR count). The average Bonchev–Trinajstić information content (AvgIpc) is 3.06. The standard InChI is InChI=1S/C23H25ClFN3/c1-14-4-5-15(12-26-14)23(2,25)13-28-19-8-6-16(24)10-18(19)22-20-9-7-17(27(20)3)11-21(22)28/h4-6,8,10,12,17,20H,7,9,11,13H2,1-3H3. The summed E-state index contributed by atoms with van der Waals surface area (Å²) >= 11 is 6.35. The van der Waals surface area contributed by atoms with E-state index in [-0.39, 0.29) is 6.54 Å². The van der Waals surface area contributed by atoms with E-state index in [1.165, 1.54) is 23.1 Å². The number of hydrogen-bond donors (Lipinski definition) is 0. The molecule has 3 nitrogen and oxygen atoms in total. The van der Waals surface area contributed by atoms with Gasteiger partial charge in [-0.2, -0.15) is 0 Å². The van der Waals surface area contributed by atoms with Crippen LogP contribution in [-0.4, -0.2) is 27.5 Å². The second kappa shape index (κ2) is 6.30. The van der Waals surface area contributed by atoms with Crippen LogP contribution in [0.2, 0.25) is 5.02 Å². The van der Waals surface area contributed by atoms with Crippen molar-refractivity contribution in [3.05, 3.63) is 64.1 Å². The number of halogens is 2. The molecular weight excluding hydrogens is 373 g/mol. The predicted octanol–water partition coefficient (Wildman–Crippen LogP) is 5.57. The number of benzene rings is 1. The third kappa shape index (κ3) is 2.69. The summed E-state index contributed by atoms with van der Waals surface area (Å²) < 4.78 is 18.1. The number of alkyl halides is 1. The van der Waals surface area contributed by atoms with Crippen LogP contribution >= 0.6 is 11.6 Å². The monoisotopic (exact) mass is 397 g/mol. The highest BCUT2D eigenvalue weighted by Gasteiger charge is 2.41. The predicted molar refractivity (Wildman–Crippen MR) is 112 cm³/mol. The largest absolute Gasteiger partial charge is 0.341 e. The van der Waals surface area contributed by atoms with Gasteiger partial charge in [0.1, 0.15) is 0 Å². The van der Waals surface area contributed by atoms with Gasteiger partial charge in [-0.05, 0) is 63.6 Å². The topological polar surface area (TPSA) is 21.1 Å². The third-order valence-electron chi connectivity index (χ3n) is 6.75. The second-order valence-electron chi connectivity index (χ2n) is 8.61. The van der Waals surface area contributed by atoms with Crippen LogP contribution in [0.5, 0.6) is 0 Å². The second-order valence-corrected chi connectivity index (χ2v) is 9.05. The SMILES string of the molecule is Cc1ccc(C(C)(F)Cn2c3c(c4cc(Cl)ccc42)C2CCC(C3)N2C)cn1. The van der Waals surface area contributed by atoms with Gasteiger partial charge >= 0.3 is 0 Å². The Morgan fingerprint density at radius 1 is 1.25 bits per heavy atom. The fraction of sp³-hybridized carbons (Fsp3) is 0.435. The number of pyridine rings is 1. The average molecular weight is 398 g/mol. The molecule has 4 heterocycles. The molecule has 1 fully saturated rings. The van der Waals surface area contributed by atoms with Crippen LogP contribution < -0.4 is 0 Å². The first-order valence-electron chi connectivity index (χ1n) is 9.99. The third-order valence-corrected chi connectivity index (χ3v) is 6.98. The van der Waals surface area contributed by atoms with Gasteiger partial charge in [0.05, 0.1) is 6.54 Å². The molecule has 1 aromatic carbocycles. The first kappa shape index (κ1) is 18.1. The maximum absolute atomic E-state index is 15.9. The number of aryl methyl sites for hydroxylation is 1. The summed E-state index contributed by atoms with van der Waals surface area (Å²) in [6, 6.07) is 10.7. The van der Waals surface area contributed by atoms with E-state index in [1.54, 1.807) is 13.1 Å². The Morgan fingerprint density at radius 3 is 2.82 bits per heavy atom. The van der Waals surface area contributed by atoms with E-state index in [9.17, 15) is 0 Å². The van der Waals surface area contributed by atoms with Crippen molar-refractivity contribution in [2.45, 2.75) is 57.4 Å². The molecule has 3 aromatic rings. The van der Waals surface area contributed by atoms with Gasteiger partial charge in [-0.3, -0.25) is 9.88 Å². The molecule has 2 aliphatic heterocycles. The molecule has 0 amide bonds. The summed E-state index contributed by atoms with van der Waals surface area (Å²) in [4.78, 5) is 6.80. The minimum absolute atomic E-state index is 0.286. The Balaban J connectivity index is 1.66. The zero-order valence-electron chi connectivity index (χ0n) is 16.5. The van der Waals surface area contributed by atoms with Crippen LogP contribution in [0.4, 0.5) is 4.39 Å². The molecule has 1 saturated heterocycles. The fourth-order valence-corrected chi connectivity index (χ4v) is 5.34. The van der Waals surface area contributed by atoms with E-state index in [1.807, 2.05) is 31.2 Å². The van der Waals surface area contributed by atoms with Crippen molar-refractivity contribution in [3.8, 4) is 0 Å². The Morgan fingerprint density at radius 2 is 2.07 bits per heavy atom. The zero-order chi connectivity index (χ0) is 19.6. The number of aromatic nitrogens is 2. The molecule has 0 aliphatic carbocycles. The van der Waals surface area contributed by atoms with Gasteiger partial charge in [-0.25, -0.2) is 4.39 Å². The number of rotatable bonds is 3. The summed E-state index contributed by atoms with van der Waals surface area (Å²) in [7, 11) is 2.22. The Bertz CT molecular complexity index is 1050. The number of nitrogens with zero attached hydrogens (tertiary/aromatic N) is 3. The van der Waals surface area contributed by atoms with Crippen LogP contribution in [-0.2, 0) is 18.6 Å². The molecule has 5 heteroatoms. The lowest BCUT2D eigenvalue weighted by Crippen LogP contribution is -2.35. The first-order chi connectivity index (χ1) is 13.3. The molecule has 2 bridgehead atoms. The van der Waals surface area contributed by atoms with Crippen molar-refractivity contribution in [1.29, 1.82) is 0 Å². The summed E-state index contributed by atoms with van der Waals surface area (Å²) in [5, 5.41) is 1.92. The first-order valence-corrected chi connectivity index (χ1v) is 10.4. The highest BCUT2D eigenvalue weighted by atomic mass is 35.5. The van der Waals surface area contributed by atoms with E-state index in [2.05, 4.69) is 27.6 Å². The van der Waals surface area contributed by atoms with Crippen molar-refractivity contribution in [3.63, 3.8) is 0 Å². The van der Waals surface area contributed by atoms with Gasteiger partial charge in [-0.1, -0.05) is 17.7 Å². The molecule has 3 atom stereocenters. The minimum Gasteiger partial charge on any atom is -0.341 e. The van der Waals surface area contributed by atoms with Crippen molar-refractivity contribution < 1.29 is 4.39 Å². The molecule has 0 saturated carbocycles. The molecule has 0 radical (unpaired) electrons. The van der Waals surface area contributed by atoms with Crippen LogP contribution in [0, 0.1) is 6.92 Å². The van der Waals surface area contributed by atoms with Crippen molar-refractivity contribution in [1.82, 2.24) is 14.5 Å². The Kier molecular flexibility index (Phi) is 4.08. The van der Waals surface area contributed by atoms with Gasteiger partial charge in [0.15, 0.2) is 5.67 Å². The van der Waals surface area contributed by atoms with Gasteiger partial charge < -0.3 is 4.57 Å². The molecule has 3 unspecified atom stereocenters. The maximum atomic E-state index is 15.9. The normalized spacial score (nSPS) is 23.8. The highest BCUT2D eigenvalue weighted by Crippen LogP contribution is 2.48. The summed E-state index contributed by atoms with van der Waals surface area (Å²) in [5.74, 6) is 0. The van der Waals surface area contributed by atoms with E-state index in [0.717, 1.165) is 29.1 Å². The van der Waals surface area contributed by atoms with Crippen LogP contribution in [0.25, 0.3) is 10.9 Å². The van der Waals surface area contributed by atoms with Crippen molar-refractivity contribution in [2.75, 3.05) is 7.05 Å². The Labute approximate surface area is 170 Å². The summed E-state index contributed by atoms with van der Waals surface area (Å²) in [6.07, 6.45) is 5.00. The number of hydrogen-bond acceptors (Lipinski definition) is 2. The van der Waals surface area contributed by atoms with Gasteiger partial charge in [0.2, 0.25) is 0 Å². The summed E-state index contributed by atoms with van der Waals surface area (Å²) in [6.45, 7) is 3.87. The van der Waals surface area contributed by atoms with Crippen LogP contribution in [0.15, 0.2) is 36.5 Å². The molecule has 0 spiro atoms. The zero-order valence-corrected chi connectivity index (χ0v) is 17.3. The summed E-state index contributed by atoms with van der Waals surface area (Å²) in [5.41, 5.74) is 3.75. The van der Waals surface area contributed by atoms with Gasteiger partial charge in [0, 0.05) is 57.6 Å². The minimum atomic E-state index is -1.50. The molecule has 2 aliphatic rings. The van der Waals surface area contributed by atoms with Gasteiger partial charge in [-0.15, -0.1) is 0 Å². The lowest BCUT2D eigenvalue weighted by atomic mass is 9.96. The maximum Gasteiger partial charge on any atom is 0.152 e. The molecule has 146 valence electrons. The van der Waals surface area contributed by atoms with E-state index >= 15 is 4.39 Å². The molecule has 28 heavy (non-hydrogen) atoms. The number of fused-ring (bicyclic) bond motifs is 6. The van der Waals surface area contributed by atoms with Crippen LogP contribution in [0.3, 0.4) is 0 Å². The quantitative estimate of drug-likeness (QED) is 0.575. The van der Waals surface area contributed by atoms with E-state index in [0.29, 0.717) is 17.6 Å². The fourth-order valence-electron chi connectivity index (χ4n) is 5.17. The lowest BCUT2D eigenvalue weighted by molar-refractivity contribution is 0.158. The number of likely N-dealkylation sites (N-methyl/N-ethyl adjacent to an activating group) is 1. The van der Waals surface area contributed by atoms with E-state index in [4.69, 9.17) is 11.6 Å². The van der Waals surface area contributed by atoms with Crippen LogP contribution in [0.1, 0.15) is 48.3 Å². The van der Waals surface area contributed by atoms with Crippen molar-refractivity contribution >= 4 is 22.5 Å². The highest BCUT2D eigenvalue weighted by molar-refractivity contribution is 6.31. The molecule has 2 aromatic heterocycles. The lowest BCUT2D eigenvalue weighted by Gasteiger charge is -2.33. The van der Waals surface area contributed by atoms with Crippen molar-refractivity contribution in [2.24, 2.45) is 0 Å². The Hall–Kier alpha value is -1.91. The van der Waals surface area contributed by atoms with Gasteiger partial charge in [0.25, 0.3) is 0 Å². The smallest absolute Gasteiger partial charge is 0.152 e. The molecule has 0 N–H and O–H groups in total.